The predicted molar refractivity (Wildman–Crippen MR) is 91.1 cm³/mol. The topological polar surface area (TPSA) is 95.5 Å². The van der Waals surface area contributed by atoms with Crippen molar-refractivity contribution in [3.63, 3.8) is 0 Å². The lowest BCUT2D eigenvalue weighted by atomic mass is 10.1. The molecule has 0 spiro atoms. The van der Waals surface area contributed by atoms with Gasteiger partial charge in [0.15, 0.2) is 0 Å². The van der Waals surface area contributed by atoms with Crippen LogP contribution >= 0.6 is 0 Å². The zero-order chi connectivity index (χ0) is 17.4. The lowest BCUT2D eigenvalue weighted by Crippen LogP contribution is -2.14. The summed E-state index contributed by atoms with van der Waals surface area (Å²) in [5.74, 6) is -1.15. The fraction of sp³-hybridized carbons (Fsp3) is 0.167. The monoisotopic (exact) mass is 326 g/mol. The summed E-state index contributed by atoms with van der Waals surface area (Å²) >= 11 is 0. The number of carbonyl (C=O) groups excluding carboxylic acids is 2. The van der Waals surface area contributed by atoms with Crippen molar-refractivity contribution in [2.45, 2.75) is 19.3 Å². The number of aryl methyl sites for hydroxylation is 1. The highest BCUT2D eigenvalue weighted by Gasteiger charge is 2.11. The van der Waals surface area contributed by atoms with Gasteiger partial charge in [-0.25, -0.2) is 0 Å². The van der Waals surface area contributed by atoms with Gasteiger partial charge in [-0.3, -0.25) is 14.4 Å². The minimum atomic E-state index is -0.821. The molecule has 2 aromatic carbocycles. The van der Waals surface area contributed by atoms with E-state index in [2.05, 4.69) is 10.6 Å². The zero-order valence-electron chi connectivity index (χ0n) is 13.0. The normalized spacial score (nSPS) is 10.0. The van der Waals surface area contributed by atoms with Crippen LogP contribution in [0.15, 0.2) is 48.5 Å². The van der Waals surface area contributed by atoms with Crippen LogP contribution in [-0.2, 0) is 16.0 Å². The highest BCUT2D eigenvalue weighted by molar-refractivity contribution is 6.08. The summed E-state index contributed by atoms with van der Waals surface area (Å²) in [6.45, 7) is 0. The fourth-order valence-electron chi connectivity index (χ4n) is 2.32. The van der Waals surface area contributed by atoms with Gasteiger partial charge in [0.2, 0.25) is 6.41 Å². The van der Waals surface area contributed by atoms with Crippen molar-refractivity contribution in [2.75, 3.05) is 10.6 Å². The molecule has 0 fully saturated rings. The second-order valence-electron chi connectivity index (χ2n) is 5.21. The molecule has 0 aromatic heterocycles. The standard InChI is InChI=1S/C18H18N2O4/c21-12-19-16-9-2-1-8-15(16)18(24)20-14-7-3-5-13(11-14)6-4-10-17(22)23/h1-3,5,7-9,11-12H,4,6,10H2,(H,19,21)(H,20,24)(H,22,23). The molecule has 0 saturated heterocycles. The number of carbonyl (C=O) groups is 3. The van der Waals surface area contributed by atoms with E-state index >= 15 is 0 Å². The summed E-state index contributed by atoms with van der Waals surface area (Å²) in [5, 5.41) is 14.0. The van der Waals surface area contributed by atoms with Gasteiger partial charge < -0.3 is 15.7 Å². The van der Waals surface area contributed by atoms with Gasteiger partial charge in [0, 0.05) is 12.1 Å². The number of amides is 2. The van der Waals surface area contributed by atoms with E-state index < -0.39 is 5.97 Å². The molecule has 2 rings (SSSR count). The molecule has 0 saturated carbocycles. The predicted octanol–water partition coefficient (Wildman–Crippen LogP) is 2.91. The minimum Gasteiger partial charge on any atom is -0.481 e. The third-order valence-corrected chi connectivity index (χ3v) is 3.43. The smallest absolute Gasteiger partial charge is 0.303 e. The van der Waals surface area contributed by atoms with Gasteiger partial charge in [0.1, 0.15) is 0 Å². The molecule has 24 heavy (non-hydrogen) atoms. The van der Waals surface area contributed by atoms with E-state index in [4.69, 9.17) is 5.11 Å². The molecule has 6 nitrogen and oxygen atoms in total. The van der Waals surface area contributed by atoms with E-state index in [1.807, 2.05) is 12.1 Å². The Kier molecular flexibility index (Phi) is 6.08. The number of rotatable bonds is 8. The maximum atomic E-state index is 12.4. The molecule has 0 heterocycles. The first-order valence-electron chi connectivity index (χ1n) is 7.51. The Morgan fingerprint density at radius 3 is 2.62 bits per heavy atom. The molecule has 0 aliphatic heterocycles. The summed E-state index contributed by atoms with van der Waals surface area (Å²) in [6.07, 6.45) is 1.80. The number of aliphatic carboxylic acids is 1. The summed E-state index contributed by atoms with van der Waals surface area (Å²) in [4.78, 5) is 33.6. The van der Waals surface area contributed by atoms with Crippen molar-refractivity contribution in [3.8, 4) is 0 Å². The van der Waals surface area contributed by atoms with Crippen LogP contribution in [0.4, 0.5) is 11.4 Å². The van der Waals surface area contributed by atoms with Crippen LogP contribution in [0, 0.1) is 0 Å². The van der Waals surface area contributed by atoms with Crippen LogP contribution < -0.4 is 10.6 Å². The first kappa shape index (κ1) is 17.2. The van der Waals surface area contributed by atoms with Gasteiger partial charge in [-0.05, 0) is 42.7 Å². The van der Waals surface area contributed by atoms with Gasteiger partial charge in [-0.2, -0.15) is 0 Å². The van der Waals surface area contributed by atoms with Gasteiger partial charge in [0.05, 0.1) is 11.3 Å². The Bertz CT molecular complexity index is 743. The van der Waals surface area contributed by atoms with E-state index in [0.29, 0.717) is 36.2 Å². The third kappa shape index (κ3) is 4.95. The van der Waals surface area contributed by atoms with Crippen molar-refractivity contribution >= 4 is 29.7 Å². The largest absolute Gasteiger partial charge is 0.481 e. The highest BCUT2D eigenvalue weighted by Crippen LogP contribution is 2.18. The average Bonchev–Trinajstić information content (AvgIpc) is 2.55. The van der Waals surface area contributed by atoms with Crippen LogP contribution in [0.25, 0.3) is 0 Å². The molecule has 0 bridgehead atoms. The molecular formula is C18H18N2O4. The Hall–Kier alpha value is -3.15. The number of benzene rings is 2. The number of carboxylic acids is 1. The van der Waals surface area contributed by atoms with E-state index in [1.54, 1.807) is 36.4 Å². The molecule has 0 radical (unpaired) electrons. The van der Waals surface area contributed by atoms with E-state index in [1.165, 1.54) is 0 Å². The Morgan fingerprint density at radius 2 is 1.88 bits per heavy atom. The molecule has 3 N–H and O–H groups in total. The quantitative estimate of drug-likeness (QED) is 0.650. The maximum Gasteiger partial charge on any atom is 0.303 e. The molecule has 2 aromatic rings. The summed E-state index contributed by atoms with van der Waals surface area (Å²) in [7, 11) is 0. The van der Waals surface area contributed by atoms with E-state index in [9.17, 15) is 14.4 Å². The molecule has 0 aliphatic rings. The highest BCUT2D eigenvalue weighted by atomic mass is 16.4. The van der Waals surface area contributed by atoms with Crippen molar-refractivity contribution in [3.05, 3.63) is 59.7 Å². The van der Waals surface area contributed by atoms with Crippen molar-refractivity contribution < 1.29 is 19.5 Å². The molecule has 0 aliphatic carbocycles. The molecule has 2 amide bonds. The van der Waals surface area contributed by atoms with E-state index in [-0.39, 0.29) is 12.3 Å². The number of carboxylic acid groups (broad SMARTS) is 1. The second-order valence-corrected chi connectivity index (χ2v) is 5.21. The van der Waals surface area contributed by atoms with Crippen LogP contribution in [0.2, 0.25) is 0 Å². The number of para-hydroxylation sites is 1. The number of anilines is 2. The Morgan fingerprint density at radius 1 is 1.08 bits per heavy atom. The number of nitrogens with one attached hydrogen (secondary N) is 2. The van der Waals surface area contributed by atoms with E-state index in [0.717, 1.165) is 5.56 Å². The summed E-state index contributed by atoms with van der Waals surface area (Å²) in [5.41, 5.74) is 2.37. The van der Waals surface area contributed by atoms with Gasteiger partial charge in [-0.1, -0.05) is 24.3 Å². The lowest BCUT2D eigenvalue weighted by Gasteiger charge is -2.10. The van der Waals surface area contributed by atoms with Crippen molar-refractivity contribution in [1.82, 2.24) is 0 Å². The van der Waals surface area contributed by atoms with Gasteiger partial charge in [0.25, 0.3) is 5.91 Å². The zero-order valence-corrected chi connectivity index (χ0v) is 13.0. The molecule has 0 unspecified atom stereocenters. The summed E-state index contributed by atoms with van der Waals surface area (Å²) < 4.78 is 0. The maximum absolute atomic E-state index is 12.4. The minimum absolute atomic E-state index is 0.112. The summed E-state index contributed by atoms with van der Waals surface area (Å²) in [6, 6.07) is 14.0. The Balaban J connectivity index is 2.06. The molecular weight excluding hydrogens is 308 g/mol. The van der Waals surface area contributed by atoms with Crippen molar-refractivity contribution in [1.29, 1.82) is 0 Å². The number of hydrogen-bond acceptors (Lipinski definition) is 3. The first-order chi connectivity index (χ1) is 11.6. The van der Waals surface area contributed by atoms with Crippen LogP contribution in [0.5, 0.6) is 0 Å². The van der Waals surface area contributed by atoms with Gasteiger partial charge in [-0.15, -0.1) is 0 Å². The van der Waals surface area contributed by atoms with Crippen LogP contribution in [-0.4, -0.2) is 23.4 Å². The SMILES string of the molecule is O=CNc1ccccc1C(=O)Nc1cccc(CCCC(=O)O)c1. The number of hydrogen-bond donors (Lipinski definition) is 3. The first-order valence-corrected chi connectivity index (χ1v) is 7.51. The molecule has 0 atom stereocenters. The molecule has 6 heteroatoms. The van der Waals surface area contributed by atoms with Crippen LogP contribution in [0.3, 0.4) is 0 Å². The van der Waals surface area contributed by atoms with Crippen molar-refractivity contribution in [2.24, 2.45) is 0 Å². The second kappa shape index (κ2) is 8.47. The lowest BCUT2D eigenvalue weighted by molar-refractivity contribution is -0.137. The average molecular weight is 326 g/mol. The Labute approximate surface area is 139 Å². The van der Waals surface area contributed by atoms with Gasteiger partial charge >= 0.3 is 5.97 Å². The third-order valence-electron chi connectivity index (χ3n) is 3.43. The van der Waals surface area contributed by atoms with Crippen LogP contribution in [0.1, 0.15) is 28.8 Å². The fourth-order valence-corrected chi connectivity index (χ4v) is 2.32. The molecule has 124 valence electrons.